The van der Waals surface area contributed by atoms with Gasteiger partial charge in [0.05, 0.1) is 0 Å². The average molecular weight is 314 g/mol. The number of hydrogen-bond donors (Lipinski definition) is 0. The van der Waals surface area contributed by atoms with E-state index in [2.05, 4.69) is 41.5 Å². The number of rotatable bonds is 0. The van der Waals surface area contributed by atoms with Crippen LogP contribution in [-0.2, 0) is 14.3 Å². The fourth-order valence-electron chi connectivity index (χ4n) is 4.01. The average Bonchev–Trinajstić information content (AvgIpc) is 2.79. The molecular weight excluding hydrogens is 288 g/mol. The molecule has 0 N–H and O–H groups in total. The van der Waals surface area contributed by atoms with Crippen molar-refractivity contribution in [1.82, 2.24) is 0 Å². The number of ether oxygens (including phenoxy) is 1. The van der Waals surface area contributed by atoms with Gasteiger partial charge in [0.2, 0.25) is 0 Å². The van der Waals surface area contributed by atoms with Crippen molar-refractivity contribution in [2.24, 2.45) is 22.7 Å². The summed E-state index contributed by atoms with van der Waals surface area (Å²) in [4.78, 5) is 25.4. The number of Topliss-reactive ketones (excluding diaryl/α,β-unsaturated/α-hetero) is 1. The molecule has 3 atom stereocenters. The molecule has 3 aliphatic rings. The third-order valence-electron chi connectivity index (χ3n) is 6.51. The van der Waals surface area contributed by atoms with E-state index in [0.29, 0.717) is 6.42 Å². The molecule has 0 aromatic carbocycles. The zero-order chi connectivity index (χ0) is 17.2. The van der Waals surface area contributed by atoms with Crippen LogP contribution in [0.1, 0.15) is 48.0 Å². The van der Waals surface area contributed by atoms with Gasteiger partial charge in [0.15, 0.2) is 5.78 Å². The van der Waals surface area contributed by atoms with Gasteiger partial charge in [0.25, 0.3) is 0 Å². The Morgan fingerprint density at radius 3 is 2.39 bits per heavy atom. The molecule has 1 aliphatic heterocycles. The molecule has 3 rings (SSSR count). The highest BCUT2D eigenvalue weighted by Crippen LogP contribution is 2.50. The van der Waals surface area contributed by atoms with Crippen LogP contribution in [0.4, 0.5) is 0 Å². The van der Waals surface area contributed by atoms with E-state index in [1.165, 1.54) is 5.57 Å². The number of hydrogen-bond acceptors (Lipinski definition) is 3. The summed E-state index contributed by atoms with van der Waals surface area (Å²) in [5.74, 6) is 0.0384. The fourth-order valence-corrected chi connectivity index (χ4v) is 4.01. The van der Waals surface area contributed by atoms with Crippen LogP contribution < -0.4 is 0 Å². The summed E-state index contributed by atoms with van der Waals surface area (Å²) >= 11 is 0. The Kier molecular flexibility index (Phi) is 3.48. The molecule has 2 aliphatic carbocycles. The van der Waals surface area contributed by atoms with E-state index in [-0.39, 0.29) is 40.5 Å². The minimum atomic E-state index is -0.334. The first-order valence-corrected chi connectivity index (χ1v) is 8.42. The highest BCUT2D eigenvalue weighted by atomic mass is 16.5. The van der Waals surface area contributed by atoms with E-state index in [4.69, 9.17) is 4.74 Å². The van der Waals surface area contributed by atoms with E-state index in [0.717, 1.165) is 11.1 Å². The largest absolute Gasteiger partial charge is 0.455 e. The lowest BCUT2D eigenvalue weighted by Gasteiger charge is -2.31. The third-order valence-corrected chi connectivity index (χ3v) is 6.51. The van der Waals surface area contributed by atoms with Gasteiger partial charge in [0.1, 0.15) is 6.10 Å². The van der Waals surface area contributed by atoms with Gasteiger partial charge in [-0.3, -0.25) is 4.79 Å². The smallest absolute Gasteiger partial charge is 0.331 e. The van der Waals surface area contributed by atoms with Crippen LogP contribution in [0.2, 0.25) is 0 Å². The molecule has 0 saturated heterocycles. The van der Waals surface area contributed by atoms with Gasteiger partial charge < -0.3 is 4.74 Å². The van der Waals surface area contributed by atoms with Gasteiger partial charge in [-0.05, 0) is 35.3 Å². The Morgan fingerprint density at radius 2 is 1.74 bits per heavy atom. The molecule has 0 saturated carbocycles. The van der Waals surface area contributed by atoms with Gasteiger partial charge in [0, 0.05) is 24.0 Å². The SMILES string of the molecule is CC1=CC2OC(=O)C=C3C(=CC(C)C3(C)C)C(=O)CC2C1(C)C. The Bertz CT molecular complexity index is 673. The second-order valence-electron chi connectivity index (χ2n) is 8.36. The molecule has 3 heteroatoms. The maximum atomic E-state index is 13.0. The lowest BCUT2D eigenvalue weighted by Crippen LogP contribution is -2.32. The van der Waals surface area contributed by atoms with Crippen molar-refractivity contribution in [1.29, 1.82) is 0 Å². The number of ketones is 1. The second-order valence-corrected chi connectivity index (χ2v) is 8.36. The van der Waals surface area contributed by atoms with Crippen LogP contribution in [0.25, 0.3) is 0 Å². The zero-order valence-electron chi connectivity index (χ0n) is 14.9. The molecule has 0 amide bonds. The van der Waals surface area contributed by atoms with Crippen LogP contribution in [0, 0.1) is 22.7 Å². The first-order chi connectivity index (χ1) is 10.5. The summed E-state index contributed by atoms with van der Waals surface area (Å²) in [6, 6.07) is 0. The van der Waals surface area contributed by atoms with Crippen molar-refractivity contribution in [3.63, 3.8) is 0 Å². The first kappa shape index (κ1) is 16.2. The molecule has 3 unspecified atom stereocenters. The van der Waals surface area contributed by atoms with Gasteiger partial charge in [-0.2, -0.15) is 0 Å². The first-order valence-electron chi connectivity index (χ1n) is 8.42. The lowest BCUT2D eigenvalue weighted by molar-refractivity contribution is -0.144. The highest BCUT2D eigenvalue weighted by molar-refractivity contribution is 6.03. The van der Waals surface area contributed by atoms with E-state index in [1.54, 1.807) is 6.08 Å². The Labute approximate surface area is 138 Å². The van der Waals surface area contributed by atoms with Crippen molar-refractivity contribution < 1.29 is 14.3 Å². The van der Waals surface area contributed by atoms with Crippen molar-refractivity contribution >= 4 is 11.8 Å². The van der Waals surface area contributed by atoms with Crippen molar-refractivity contribution in [2.45, 2.75) is 54.1 Å². The van der Waals surface area contributed by atoms with Crippen LogP contribution >= 0.6 is 0 Å². The quantitative estimate of drug-likeness (QED) is 0.501. The Morgan fingerprint density at radius 1 is 1.09 bits per heavy atom. The summed E-state index contributed by atoms with van der Waals surface area (Å²) in [5.41, 5.74) is 2.39. The molecular formula is C20H26O3. The van der Waals surface area contributed by atoms with E-state index in [9.17, 15) is 9.59 Å². The van der Waals surface area contributed by atoms with E-state index < -0.39 is 0 Å². The number of allylic oxidation sites excluding steroid dienone is 4. The monoisotopic (exact) mass is 314 g/mol. The molecule has 0 aromatic rings. The minimum absolute atomic E-state index is 0.00613. The number of carbonyl (C=O) groups excluding carboxylic acids is 2. The molecule has 0 fully saturated rings. The highest BCUT2D eigenvalue weighted by Gasteiger charge is 2.47. The standard InChI is InChI=1S/C20H26O3/c1-11-7-13-14(19(11,3)4)10-18(22)23-17-8-12(2)20(5,6)15(17)9-16(13)21/h7-8,10-11,15,17H,9H2,1-6H3. The lowest BCUT2D eigenvalue weighted by atomic mass is 9.73. The molecule has 0 aromatic heterocycles. The molecule has 23 heavy (non-hydrogen) atoms. The predicted octanol–water partition coefficient (Wildman–Crippen LogP) is 4.00. The van der Waals surface area contributed by atoms with Crippen molar-refractivity contribution in [3.8, 4) is 0 Å². The van der Waals surface area contributed by atoms with Crippen molar-refractivity contribution in [3.05, 3.63) is 34.9 Å². The third kappa shape index (κ3) is 2.32. The van der Waals surface area contributed by atoms with E-state index >= 15 is 0 Å². The van der Waals surface area contributed by atoms with Crippen LogP contribution in [0.15, 0.2) is 34.9 Å². The van der Waals surface area contributed by atoms with Crippen LogP contribution in [-0.4, -0.2) is 17.9 Å². The normalized spacial score (nSPS) is 35.0. The summed E-state index contributed by atoms with van der Waals surface area (Å²) in [7, 11) is 0. The minimum Gasteiger partial charge on any atom is -0.455 e. The molecule has 0 bridgehead atoms. The van der Waals surface area contributed by atoms with Gasteiger partial charge >= 0.3 is 5.97 Å². The zero-order valence-corrected chi connectivity index (χ0v) is 14.9. The molecule has 0 radical (unpaired) electrons. The Hall–Kier alpha value is -1.64. The molecule has 1 heterocycles. The summed E-state index contributed by atoms with van der Waals surface area (Å²) in [6.45, 7) is 12.6. The topological polar surface area (TPSA) is 43.4 Å². The molecule has 3 nitrogen and oxygen atoms in total. The fraction of sp³-hybridized carbons (Fsp3) is 0.600. The number of carbonyl (C=O) groups is 2. The molecule has 0 spiro atoms. The Balaban J connectivity index is 2.06. The molecule has 124 valence electrons. The maximum Gasteiger partial charge on any atom is 0.331 e. The van der Waals surface area contributed by atoms with E-state index in [1.807, 2.05) is 12.2 Å². The predicted molar refractivity (Wildman–Crippen MR) is 89.6 cm³/mol. The number of esters is 1. The summed E-state index contributed by atoms with van der Waals surface area (Å²) < 4.78 is 5.72. The van der Waals surface area contributed by atoms with Gasteiger partial charge in [-0.25, -0.2) is 4.79 Å². The second kappa shape index (κ2) is 4.93. The van der Waals surface area contributed by atoms with Crippen molar-refractivity contribution in [2.75, 3.05) is 0 Å². The van der Waals surface area contributed by atoms with Gasteiger partial charge in [-0.15, -0.1) is 0 Å². The maximum absolute atomic E-state index is 13.0. The number of fused-ring (bicyclic) bond motifs is 2. The van der Waals surface area contributed by atoms with Gasteiger partial charge in [-0.1, -0.05) is 46.3 Å². The van der Waals surface area contributed by atoms with Crippen LogP contribution in [0.5, 0.6) is 0 Å². The van der Waals surface area contributed by atoms with Crippen LogP contribution in [0.3, 0.4) is 0 Å². The summed E-state index contributed by atoms with van der Waals surface area (Å²) in [5, 5.41) is 0. The summed E-state index contributed by atoms with van der Waals surface area (Å²) in [6.07, 6.45) is 5.70.